The summed E-state index contributed by atoms with van der Waals surface area (Å²) in [6, 6.07) is 7.62. The lowest BCUT2D eigenvalue weighted by molar-refractivity contribution is 0.0933. The first-order chi connectivity index (χ1) is 10.1. The predicted molar refractivity (Wildman–Crippen MR) is 93.6 cm³/mol. The Balaban J connectivity index is 3.03. The predicted octanol–water partition coefficient (Wildman–Crippen LogP) is 5.10. The highest BCUT2D eigenvalue weighted by Crippen LogP contribution is 2.27. The quantitative estimate of drug-likeness (QED) is 0.558. The lowest BCUT2D eigenvalue weighted by Crippen LogP contribution is -2.17. The molecule has 0 bridgehead atoms. The van der Waals surface area contributed by atoms with Gasteiger partial charge in [-0.3, -0.25) is 4.79 Å². The van der Waals surface area contributed by atoms with Crippen molar-refractivity contribution in [2.45, 2.75) is 54.4 Å². The van der Waals surface area contributed by atoms with Gasteiger partial charge in [0, 0.05) is 29.4 Å². The minimum atomic E-state index is -0.120. The first kappa shape index (κ1) is 18.1. The van der Waals surface area contributed by atoms with E-state index in [9.17, 15) is 4.79 Å². The maximum atomic E-state index is 12.7. The molecule has 1 nitrogen and oxygen atoms in total. The molecule has 1 aromatic rings. The summed E-state index contributed by atoms with van der Waals surface area (Å²) in [6.07, 6.45) is 1.21. The summed E-state index contributed by atoms with van der Waals surface area (Å²) in [4.78, 5) is 12.7. The number of hydrogen-bond acceptors (Lipinski definition) is 1. The second kappa shape index (κ2) is 7.33. The number of Topliss-reactive ketones (excluding diaryl/α,β-unsaturated/α-hetero) is 1. The van der Waals surface area contributed by atoms with Gasteiger partial charge < -0.3 is 0 Å². The summed E-state index contributed by atoms with van der Waals surface area (Å²) in [5, 5.41) is 0. The molecule has 1 rings (SSSR count). The molecule has 0 heterocycles. The first-order valence-electron chi connectivity index (χ1n) is 7.70. The van der Waals surface area contributed by atoms with Gasteiger partial charge in [0.25, 0.3) is 0 Å². The Bertz CT molecular complexity index is 649. The SMILES string of the molecule is CC#CCC(C)(C)CC(=O)c1ccccc1C#CC(C)(C)C. The largest absolute Gasteiger partial charge is 0.294 e. The number of carbonyl (C=O) groups excluding carboxylic acids is 1. The fourth-order valence-electron chi connectivity index (χ4n) is 2.01. The van der Waals surface area contributed by atoms with Gasteiger partial charge in [-0.2, -0.15) is 0 Å². The molecule has 0 fully saturated rings. The minimum absolute atomic E-state index is 0.0772. The molecule has 0 N–H and O–H groups in total. The molecule has 0 aliphatic carbocycles. The molecule has 0 unspecified atom stereocenters. The van der Waals surface area contributed by atoms with E-state index in [2.05, 4.69) is 58.3 Å². The first-order valence-corrected chi connectivity index (χ1v) is 7.70. The highest BCUT2D eigenvalue weighted by atomic mass is 16.1. The van der Waals surface area contributed by atoms with E-state index in [1.54, 1.807) is 0 Å². The van der Waals surface area contributed by atoms with Crippen molar-refractivity contribution in [3.63, 3.8) is 0 Å². The smallest absolute Gasteiger partial charge is 0.164 e. The van der Waals surface area contributed by atoms with Gasteiger partial charge in [0.2, 0.25) is 0 Å². The number of ketones is 1. The van der Waals surface area contributed by atoms with E-state index < -0.39 is 0 Å². The maximum Gasteiger partial charge on any atom is 0.164 e. The zero-order valence-electron chi connectivity index (χ0n) is 14.6. The highest BCUT2D eigenvalue weighted by Gasteiger charge is 2.23. The summed E-state index contributed by atoms with van der Waals surface area (Å²) < 4.78 is 0. The molecule has 0 aliphatic rings. The zero-order valence-corrected chi connectivity index (χ0v) is 14.6. The van der Waals surface area contributed by atoms with Crippen LogP contribution in [0.2, 0.25) is 0 Å². The summed E-state index contributed by atoms with van der Waals surface area (Å²) in [7, 11) is 0. The number of carbonyl (C=O) groups is 1. The van der Waals surface area contributed by atoms with Gasteiger partial charge in [0.1, 0.15) is 0 Å². The number of rotatable bonds is 4. The zero-order chi connectivity index (χ0) is 16.8. The van der Waals surface area contributed by atoms with Crippen molar-refractivity contribution in [2.24, 2.45) is 10.8 Å². The molecule has 0 amide bonds. The van der Waals surface area contributed by atoms with Crippen LogP contribution >= 0.6 is 0 Å². The lowest BCUT2D eigenvalue weighted by atomic mass is 9.82. The Hall–Kier alpha value is -1.99. The normalized spacial score (nSPS) is 11.0. The van der Waals surface area contributed by atoms with Crippen LogP contribution in [0, 0.1) is 34.5 Å². The fourth-order valence-corrected chi connectivity index (χ4v) is 2.01. The van der Waals surface area contributed by atoms with Gasteiger partial charge in [-0.25, -0.2) is 0 Å². The number of hydrogen-bond donors (Lipinski definition) is 0. The summed E-state index contributed by atoms with van der Waals surface area (Å²) >= 11 is 0. The molecule has 22 heavy (non-hydrogen) atoms. The Morgan fingerprint density at radius 1 is 1.09 bits per heavy atom. The van der Waals surface area contributed by atoms with E-state index in [0.29, 0.717) is 6.42 Å². The Labute approximate surface area is 135 Å². The van der Waals surface area contributed by atoms with Crippen molar-refractivity contribution >= 4 is 5.78 Å². The minimum Gasteiger partial charge on any atom is -0.294 e. The molecule has 0 spiro atoms. The van der Waals surface area contributed by atoms with Crippen LogP contribution in [-0.4, -0.2) is 5.78 Å². The molecule has 0 radical (unpaired) electrons. The second-order valence-corrected chi connectivity index (χ2v) is 7.41. The van der Waals surface area contributed by atoms with Gasteiger partial charge in [-0.1, -0.05) is 43.9 Å². The molecule has 0 aromatic heterocycles. The third-order valence-electron chi connectivity index (χ3n) is 3.18. The van der Waals surface area contributed by atoms with Crippen molar-refractivity contribution in [2.75, 3.05) is 0 Å². The van der Waals surface area contributed by atoms with Crippen molar-refractivity contribution < 1.29 is 4.79 Å². The van der Waals surface area contributed by atoms with E-state index in [-0.39, 0.29) is 16.6 Å². The standard InChI is InChI=1S/C21H26O/c1-7-8-14-21(5,6)16-19(22)18-12-10-9-11-17(18)13-15-20(2,3)4/h9-12H,14,16H2,1-6H3. The molecule has 116 valence electrons. The molecule has 0 saturated carbocycles. The molecule has 0 atom stereocenters. The van der Waals surface area contributed by atoms with Gasteiger partial charge in [0.15, 0.2) is 5.78 Å². The Morgan fingerprint density at radius 2 is 1.73 bits per heavy atom. The van der Waals surface area contributed by atoms with Crippen molar-refractivity contribution in [1.29, 1.82) is 0 Å². The summed E-state index contributed by atoms with van der Waals surface area (Å²) in [5.74, 6) is 12.5. The summed E-state index contributed by atoms with van der Waals surface area (Å²) in [6.45, 7) is 12.2. The average molecular weight is 294 g/mol. The monoisotopic (exact) mass is 294 g/mol. The van der Waals surface area contributed by atoms with Crippen LogP contribution in [0.25, 0.3) is 0 Å². The van der Waals surface area contributed by atoms with Gasteiger partial charge in [-0.05, 0) is 39.2 Å². The van der Waals surface area contributed by atoms with Crippen molar-refractivity contribution in [3.05, 3.63) is 35.4 Å². The Kier molecular flexibility index (Phi) is 6.01. The lowest BCUT2D eigenvalue weighted by Gasteiger charge is -2.21. The van der Waals surface area contributed by atoms with Crippen molar-refractivity contribution in [1.82, 2.24) is 0 Å². The van der Waals surface area contributed by atoms with Crippen LogP contribution in [0.4, 0.5) is 0 Å². The Morgan fingerprint density at radius 3 is 2.32 bits per heavy atom. The second-order valence-electron chi connectivity index (χ2n) is 7.41. The molecule has 1 aromatic carbocycles. The van der Waals surface area contributed by atoms with Crippen LogP contribution in [0.5, 0.6) is 0 Å². The van der Waals surface area contributed by atoms with Crippen LogP contribution in [0.1, 0.15) is 70.3 Å². The molecular formula is C21H26O. The molecule has 1 heteroatoms. The molecule has 0 aliphatic heterocycles. The topological polar surface area (TPSA) is 17.1 Å². The fraction of sp³-hybridized carbons (Fsp3) is 0.476. The van der Waals surface area contributed by atoms with E-state index in [1.807, 2.05) is 31.2 Å². The van der Waals surface area contributed by atoms with E-state index in [0.717, 1.165) is 17.5 Å². The van der Waals surface area contributed by atoms with E-state index in [1.165, 1.54) is 0 Å². The van der Waals surface area contributed by atoms with Gasteiger partial charge in [-0.15, -0.1) is 11.8 Å². The van der Waals surface area contributed by atoms with Gasteiger partial charge >= 0.3 is 0 Å². The number of benzene rings is 1. The van der Waals surface area contributed by atoms with E-state index >= 15 is 0 Å². The maximum absolute atomic E-state index is 12.7. The van der Waals surface area contributed by atoms with Crippen molar-refractivity contribution in [3.8, 4) is 23.7 Å². The molecular weight excluding hydrogens is 268 g/mol. The van der Waals surface area contributed by atoms with Gasteiger partial charge in [0.05, 0.1) is 0 Å². The van der Waals surface area contributed by atoms with Crippen LogP contribution < -0.4 is 0 Å². The van der Waals surface area contributed by atoms with E-state index in [4.69, 9.17) is 0 Å². The summed E-state index contributed by atoms with van der Waals surface area (Å²) in [5.41, 5.74) is 1.34. The molecule has 0 saturated heterocycles. The van der Waals surface area contributed by atoms with Crippen LogP contribution in [-0.2, 0) is 0 Å². The third-order valence-corrected chi connectivity index (χ3v) is 3.18. The average Bonchev–Trinajstić information content (AvgIpc) is 2.42. The third kappa shape index (κ3) is 6.19. The van der Waals surface area contributed by atoms with Crippen LogP contribution in [0.3, 0.4) is 0 Å². The highest BCUT2D eigenvalue weighted by molar-refractivity contribution is 5.98. The van der Waals surface area contributed by atoms with Crippen LogP contribution in [0.15, 0.2) is 24.3 Å².